The van der Waals surface area contributed by atoms with E-state index in [2.05, 4.69) is 34.3 Å². The summed E-state index contributed by atoms with van der Waals surface area (Å²) in [5.74, 6) is 0.950. The van der Waals surface area contributed by atoms with Gasteiger partial charge in [-0.05, 0) is 24.1 Å². The highest BCUT2D eigenvalue weighted by Crippen LogP contribution is 2.12. The van der Waals surface area contributed by atoms with Gasteiger partial charge in [-0.15, -0.1) is 0 Å². The van der Waals surface area contributed by atoms with E-state index in [9.17, 15) is 0 Å². The molecular weight excluding hydrogens is 238 g/mol. The summed E-state index contributed by atoms with van der Waals surface area (Å²) in [6.07, 6.45) is 5.79. The minimum atomic E-state index is 0.800. The lowest BCUT2D eigenvalue weighted by Gasteiger charge is -2.07. The zero-order valence-corrected chi connectivity index (χ0v) is 11.4. The lowest BCUT2D eigenvalue weighted by molar-refractivity contribution is 0.309. The Morgan fingerprint density at radius 1 is 1.21 bits per heavy atom. The molecule has 4 heteroatoms. The van der Waals surface area contributed by atoms with Gasteiger partial charge in [0.2, 0.25) is 0 Å². The Bertz CT molecular complexity index is 451. The van der Waals surface area contributed by atoms with Gasteiger partial charge in [0.25, 0.3) is 0 Å². The second-order valence-electron chi connectivity index (χ2n) is 4.53. The second kappa shape index (κ2) is 7.59. The number of ether oxygens (including phenoxy) is 1. The molecule has 0 spiro atoms. The van der Waals surface area contributed by atoms with E-state index in [4.69, 9.17) is 4.74 Å². The van der Waals surface area contributed by atoms with Gasteiger partial charge in [-0.2, -0.15) is 0 Å². The lowest BCUT2D eigenvalue weighted by Crippen LogP contribution is -2.12. The smallest absolute Gasteiger partial charge is 0.119 e. The van der Waals surface area contributed by atoms with E-state index < -0.39 is 0 Å². The lowest BCUT2D eigenvalue weighted by atomic mass is 10.2. The second-order valence-corrected chi connectivity index (χ2v) is 4.53. The molecule has 2 N–H and O–H groups in total. The van der Waals surface area contributed by atoms with Crippen molar-refractivity contribution in [3.8, 4) is 5.75 Å². The van der Waals surface area contributed by atoms with Crippen LogP contribution in [-0.2, 0) is 13.1 Å². The predicted molar refractivity (Wildman–Crippen MR) is 76.0 cm³/mol. The number of rotatable bonds is 8. The first-order valence-corrected chi connectivity index (χ1v) is 6.78. The van der Waals surface area contributed by atoms with E-state index in [-0.39, 0.29) is 0 Å². The Kier molecular flexibility index (Phi) is 5.44. The van der Waals surface area contributed by atoms with E-state index in [1.54, 1.807) is 6.33 Å². The molecule has 0 saturated carbocycles. The third kappa shape index (κ3) is 4.75. The summed E-state index contributed by atoms with van der Waals surface area (Å²) in [7, 11) is 0. The molecule has 0 radical (unpaired) electrons. The highest BCUT2D eigenvalue weighted by atomic mass is 16.5. The third-order valence-corrected chi connectivity index (χ3v) is 2.89. The van der Waals surface area contributed by atoms with Crippen molar-refractivity contribution in [3.63, 3.8) is 0 Å². The Morgan fingerprint density at radius 2 is 2.05 bits per heavy atom. The van der Waals surface area contributed by atoms with Crippen molar-refractivity contribution in [3.05, 3.63) is 48.0 Å². The van der Waals surface area contributed by atoms with Crippen molar-refractivity contribution < 1.29 is 4.74 Å². The van der Waals surface area contributed by atoms with Crippen molar-refractivity contribution in [2.24, 2.45) is 0 Å². The van der Waals surface area contributed by atoms with Gasteiger partial charge in [0.05, 0.1) is 12.9 Å². The average molecular weight is 259 g/mol. The number of hydrogen-bond donors (Lipinski definition) is 2. The molecule has 0 unspecified atom stereocenters. The van der Waals surface area contributed by atoms with E-state index in [0.717, 1.165) is 44.0 Å². The molecule has 19 heavy (non-hydrogen) atoms. The number of aromatic amines is 1. The number of nitrogens with one attached hydrogen (secondary N) is 2. The molecule has 4 nitrogen and oxygen atoms in total. The Morgan fingerprint density at radius 3 is 2.74 bits per heavy atom. The maximum Gasteiger partial charge on any atom is 0.119 e. The standard InChI is InChI=1S/C15H21N3O/c1-2-3-8-19-15-6-4-13(5-7-15)9-16-10-14-11-17-12-18-14/h4-7,11-12,16H,2-3,8-10H2,1H3,(H,17,18). The van der Waals surface area contributed by atoms with Crippen molar-refractivity contribution in [1.82, 2.24) is 15.3 Å². The number of benzene rings is 1. The van der Waals surface area contributed by atoms with Crippen LogP contribution in [0.1, 0.15) is 31.0 Å². The van der Waals surface area contributed by atoms with Gasteiger partial charge in [0.1, 0.15) is 5.75 Å². The fourth-order valence-corrected chi connectivity index (χ4v) is 1.76. The normalized spacial score (nSPS) is 10.6. The maximum atomic E-state index is 5.63. The summed E-state index contributed by atoms with van der Waals surface area (Å²) >= 11 is 0. The van der Waals surface area contributed by atoms with E-state index >= 15 is 0 Å². The molecule has 0 bridgehead atoms. The zero-order chi connectivity index (χ0) is 13.3. The van der Waals surface area contributed by atoms with Crippen LogP contribution in [0.3, 0.4) is 0 Å². The average Bonchev–Trinajstić information content (AvgIpc) is 2.94. The van der Waals surface area contributed by atoms with Crippen molar-refractivity contribution in [2.45, 2.75) is 32.9 Å². The van der Waals surface area contributed by atoms with Gasteiger partial charge in [0.15, 0.2) is 0 Å². The molecule has 0 atom stereocenters. The van der Waals surface area contributed by atoms with Gasteiger partial charge in [-0.25, -0.2) is 4.98 Å². The van der Waals surface area contributed by atoms with Crippen molar-refractivity contribution in [2.75, 3.05) is 6.61 Å². The Labute approximate surface area is 114 Å². The number of H-pyrrole nitrogens is 1. The fraction of sp³-hybridized carbons (Fsp3) is 0.400. The third-order valence-electron chi connectivity index (χ3n) is 2.89. The maximum absolute atomic E-state index is 5.63. The molecule has 102 valence electrons. The molecule has 2 aromatic rings. The van der Waals surface area contributed by atoms with Gasteiger partial charge in [-0.1, -0.05) is 25.5 Å². The summed E-state index contributed by atoms with van der Waals surface area (Å²) in [5, 5.41) is 3.36. The van der Waals surface area contributed by atoms with Crippen LogP contribution in [0.5, 0.6) is 5.75 Å². The van der Waals surface area contributed by atoms with Crippen LogP contribution in [0.2, 0.25) is 0 Å². The molecule has 0 fully saturated rings. The summed E-state index contributed by atoms with van der Waals surface area (Å²) < 4.78 is 5.63. The SMILES string of the molecule is CCCCOc1ccc(CNCc2cnc[nH]2)cc1. The first-order chi connectivity index (χ1) is 9.38. The molecule has 0 saturated heterocycles. The summed E-state index contributed by atoms with van der Waals surface area (Å²) in [5.41, 5.74) is 2.35. The van der Waals surface area contributed by atoms with E-state index in [1.165, 1.54) is 5.56 Å². The zero-order valence-electron chi connectivity index (χ0n) is 11.4. The summed E-state index contributed by atoms with van der Waals surface area (Å²) in [6, 6.07) is 8.26. The van der Waals surface area contributed by atoms with Gasteiger partial charge < -0.3 is 15.0 Å². The minimum Gasteiger partial charge on any atom is -0.494 e. The van der Waals surface area contributed by atoms with Crippen LogP contribution in [0.25, 0.3) is 0 Å². The van der Waals surface area contributed by atoms with E-state index in [0.29, 0.717) is 0 Å². The Hall–Kier alpha value is -1.81. The van der Waals surface area contributed by atoms with Crippen LogP contribution < -0.4 is 10.1 Å². The number of hydrogen-bond acceptors (Lipinski definition) is 3. The van der Waals surface area contributed by atoms with E-state index in [1.807, 2.05) is 18.3 Å². The molecule has 0 aliphatic rings. The Balaban J connectivity index is 1.72. The minimum absolute atomic E-state index is 0.800. The van der Waals surface area contributed by atoms with Crippen LogP contribution >= 0.6 is 0 Å². The molecule has 0 aliphatic carbocycles. The molecule has 2 rings (SSSR count). The van der Waals surface area contributed by atoms with Gasteiger partial charge >= 0.3 is 0 Å². The van der Waals surface area contributed by atoms with Crippen molar-refractivity contribution >= 4 is 0 Å². The molecular formula is C15H21N3O. The number of unbranched alkanes of at least 4 members (excludes halogenated alkanes) is 1. The largest absolute Gasteiger partial charge is 0.494 e. The number of nitrogens with zero attached hydrogens (tertiary/aromatic N) is 1. The monoisotopic (exact) mass is 259 g/mol. The highest BCUT2D eigenvalue weighted by Gasteiger charge is 1.97. The number of aromatic nitrogens is 2. The summed E-state index contributed by atoms with van der Waals surface area (Å²) in [4.78, 5) is 7.05. The topological polar surface area (TPSA) is 49.9 Å². The quantitative estimate of drug-likeness (QED) is 0.717. The van der Waals surface area contributed by atoms with Crippen LogP contribution in [0.4, 0.5) is 0 Å². The van der Waals surface area contributed by atoms with Crippen LogP contribution in [0.15, 0.2) is 36.8 Å². The van der Waals surface area contributed by atoms with Gasteiger partial charge in [0, 0.05) is 25.0 Å². The highest BCUT2D eigenvalue weighted by molar-refractivity contribution is 5.27. The molecule has 0 amide bonds. The molecule has 1 heterocycles. The first kappa shape index (κ1) is 13.6. The fourth-order valence-electron chi connectivity index (χ4n) is 1.76. The van der Waals surface area contributed by atoms with Crippen molar-refractivity contribution in [1.29, 1.82) is 0 Å². The molecule has 0 aliphatic heterocycles. The van der Waals surface area contributed by atoms with Crippen LogP contribution in [0, 0.1) is 0 Å². The predicted octanol–water partition coefficient (Wildman–Crippen LogP) is 2.88. The molecule has 1 aromatic heterocycles. The molecule has 1 aromatic carbocycles. The first-order valence-electron chi connectivity index (χ1n) is 6.78. The number of imidazole rings is 1. The van der Waals surface area contributed by atoms with Crippen LogP contribution in [-0.4, -0.2) is 16.6 Å². The summed E-state index contributed by atoms with van der Waals surface area (Å²) in [6.45, 7) is 4.61. The van der Waals surface area contributed by atoms with Gasteiger partial charge in [-0.3, -0.25) is 0 Å².